The normalized spacial score (nSPS) is 17.5. The summed E-state index contributed by atoms with van der Waals surface area (Å²) in [5, 5.41) is 3.57. The number of imide groups is 1. The van der Waals surface area contributed by atoms with Gasteiger partial charge in [0.05, 0.1) is 19.2 Å². The van der Waals surface area contributed by atoms with Crippen molar-refractivity contribution in [2.24, 2.45) is 0 Å². The summed E-state index contributed by atoms with van der Waals surface area (Å²) in [5.74, 6) is 0.196. The molecular formula is C17H15ClN2O3. The zero-order chi connectivity index (χ0) is 16.4. The Morgan fingerprint density at radius 3 is 2.57 bits per heavy atom. The standard InChI is InChI=1S/C17H15ClN2O3/c1-23-14-7-5-12(6-8-14)19-15-10-16(21)20(17(15)22)13-4-2-3-11(18)9-13/h2-9,15,19H,10H2,1H3/t15-/m1/s1. The monoisotopic (exact) mass is 330 g/mol. The number of nitrogens with zero attached hydrogens (tertiary/aromatic N) is 1. The fraction of sp³-hybridized carbons (Fsp3) is 0.176. The first-order valence-corrected chi connectivity index (χ1v) is 7.49. The topological polar surface area (TPSA) is 58.6 Å². The van der Waals surface area contributed by atoms with Gasteiger partial charge in [-0.1, -0.05) is 17.7 Å². The van der Waals surface area contributed by atoms with Gasteiger partial charge in [-0.25, -0.2) is 4.90 Å². The molecule has 3 rings (SSSR count). The van der Waals surface area contributed by atoms with Crippen LogP contribution in [0.25, 0.3) is 0 Å². The Morgan fingerprint density at radius 1 is 1.17 bits per heavy atom. The van der Waals surface area contributed by atoms with Gasteiger partial charge in [0.2, 0.25) is 5.91 Å². The SMILES string of the molecule is COc1ccc(N[C@@H]2CC(=O)N(c3cccc(Cl)c3)C2=O)cc1. The molecule has 5 nitrogen and oxygen atoms in total. The fourth-order valence-electron chi connectivity index (χ4n) is 2.52. The maximum Gasteiger partial charge on any atom is 0.256 e. The van der Waals surface area contributed by atoms with Crippen molar-refractivity contribution in [2.45, 2.75) is 12.5 Å². The zero-order valence-corrected chi connectivity index (χ0v) is 13.2. The predicted octanol–water partition coefficient (Wildman–Crippen LogP) is 3.09. The smallest absolute Gasteiger partial charge is 0.256 e. The van der Waals surface area contributed by atoms with E-state index >= 15 is 0 Å². The Balaban J connectivity index is 1.78. The van der Waals surface area contributed by atoms with E-state index in [1.165, 1.54) is 4.90 Å². The van der Waals surface area contributed by atoms with E-state index in [0.717, 1.165) is 11.4 Å². The van der Waals surface area contributed by atoms with Crippen molar-refractivity contribution in [3.8, 4) is 5.75 Å². The molecule has 0 radical (unpaired) electrons. The molecule has 2 aromatic rings. The lowest BCUT2D eigenvalue weighted by molar-refractivity contribution is -0.121. The zero-order valence-electron chi connectivity index (χ0n) is 12.5. The van der Waals surface area contributed by atoms with E-state index in [9.17, 15) is 9.59 Å². The maximum absolute atomic E-state index is 12.5. The second kappa shape index (κ2) is 6.30. The molecule has 1 heterocycles. The summed E-state index contributed by atoms with van der Waals surface area (Å²) in [5.41, 5.74) is 1.25. The highest BCUT2D eigenvalue weighted by Crippen LogP contribution is 2.27. The summed E-state index contributed by atoms with van der Waals surface area (Å²) in [6.45, 7) is 0. The van der Waals surface area contributed by atoms with Crippen LogP contribution in [0.1, 0.15) is 6.42 Å². The average Bonchev–Trinajstić information content (AvgIpc) is 2.82. The van der Waals surface area contributed by atoms with Crippen LogP contribution in [-0.4, -0.2) is 25.0 Å². The molecule has 1 saturated heterocycles. The third-order valence-electron chi connectivity index (χ3n) is 3.64. The summed E-state index contributed by atoms with van der Waals surface area (Å²) < 4.78 is 5.09. The third-order valence-corrected chi connectivity index (χ3v) is 3.88. The van der Waals surface area contributed by atoms with Crippen molar-refractivity contribution >= 4 is 34.8 Å². The van der Waals surface area contributed by atoms with Crippen LogP contribution in [0.3, 0.4) is 0 Å². The van der Waals surface area contributed by atoms with Gasteiger partial charge in [-0.15, -0.1) is 0 Å². The Kier molecular flexibility index (Phi) is 4.21. The highest BCUT2D eigenvalue weighted by atomic mass is 35.5. The molecule has 118 valence electrons. The molecule has 1 aliphatic rings. The molecule has 0 aliphatic carbocycles. The van der Waals surface area contributed by atoms with Crippen LogP contribution in [0.4, 0.5) is 11.4 Å². The summed E-state index contributed by atoms with van der Waals surface area (Å²) in [7, 11) is 1.59. The fourth-order valence-corrected chi connectivity index (χ4v) is 2.70. The second-order valence-corrected chi connectivity index (χ2v) is 5.61. The molecule has 0 spiro atoms. The van der Waals surface area contributed by atoms with Crippen LogP contribution < -0.4 is 15.0 Å². The number of hydrogen-bond acceptors (Lipinski definition) is 4. The Bertz CT molecular complexity index is 746. The molecule has 0 aromatic heterocycles. The molecule has 6 heteroatoms. The number of rotatable bonds is 4. The van der Waals surface area contributed by atoms with Crippen LogP contribution in [0.5, 0.6) is 5.75 Å². The lowest BCUT2D eigenvalue weighted by Crippen LogP contribution is -2.34. The first-order valence-electron chi connectivity index (χ1n) is 7.11. The molecule has 1 fully saturated rings. The largest absolute Gasteiger partial charge is 0.497 e. The lowest BCUT2D eigenvalue weighted by Gasteiger charge is -2.16. The van der Waals surface area contributed by atoms with Crippen LogP contribution in [0, 0.1) is 0 Å². The highest BCUT2D eigenvalue weighted by Gasteiger charge is 2.39. The van der Waals surface area contributed by atoms with Gasteiger partial charge in [-0.3, -0.25) is 9.59 Å². The molecule has 2 aromatic carbocycles. The molecular weight excluding hydrogens is 316 g/mol. The van der Waals surface area contributed by atoms with Gasteiger partial charge in [0.25, 0.3) is 5.91 Å². The lowest BCUT2D eigenvalue weighted by atomic mass is 10.2. The van der Waals surface area contributed by atoms with E-state index in [1.54, 1.807) is 55.6 Å². The van der Waals surface area contributed by atoms with Gasteiger partial charge in [0.15, 0.2) is 0 Å². The summed E-state index contributed by atoms with van der Waals surface area (Å²) in [6, 6.07) is 13.3. The minimum absolute atomic E-state index is 0.109. The van der Waals surface area contributed by atoms with Crippen LogP contribution in [-0.2, 0) is 9.59 Å². The first kappa shape index (κ1) is 15.4. The van der Waals surface area contributed by atoms with Crippen molar-refractivity contribution in [3.05, 3.63) is 53.6 Å². The van der Waals surface area contributed by atoms with Crippen molar-refractivity contribution in [2.75, 3.05) is 17.3 Å². The maximum atomic E-state index is 12.5. The number of methoxy groups -OCH3 is 1. The predicted molar refractivity (Wildman–Crippen MR) is 89.0 cm³/mol. The molecule has 2 amide bonds. The molecule has 1 aliphatic heterocycles. The quantitative estimate of drug-likeness (QED) is 0.875. The summed E-state index contributed by atoms with van der Waals surface area (Å²) >= 11 is 5.94. The van der Waals surface area contributed by atoms with Crippen molar-refractivity contribution in [1.29, 1.82) is 0 Å². The Hall–Kier alpha value is -2.53. The van der Waals surface area contributed by atoms with Gasteiger partial charge in [-0.05, 0) is 42.5 Å². The number of carbonyl (C=O) groups excluding carboxylic acids is 2. The van der Waals surface area contributed by atoms with E-state index < -0.39 is 6.04 Å². The minimum atomic E-state index is -0.588. The number of carbonyl (C=O) groups is 2. The number of nitrogens with one attached hydrogen (secondary N) is 1. The number of ether oxygens (including phenoxy) is 1. The van der Waals surface area contributed by atoms with Crippen molar-refractivity contribution < 1.29 is 14.3 Å². The van der Waals surface area contributed by atoms with Crippen LogP contribution in [0.15, 0.2) is 48.5 Å². The molecule has 0 bridgehead atoms. The Labute approximate surface area is 138 Å². The Morgan fingerprint density at radius 2 is 1.91 bits per heavy atom. The summed E-state index contributed by atoms with van der Waals surface area (Å²) in [4.78, 5) is 25.9. The van der Waals surface area contributed by atoms with Crippen molar-refractivity contribution in [3.63, 3.8) is 0 Å². The molecule has 23 heavy (non-hydrogen) atoms. The highest BCUT2D eigenvalue weighted by molar-refractivity contribution is 6.31. The number of anilines is 2. The average molecular weight is 331 g/mol. The van der Waals surface area contributed by atoms with Gasteiger partial charge in [0.1, 0.15) is 11.8 Å². The van der Waals surface area contributed by atoms with Gasteiger partial charge < -0.3 is 10.1 Å². The van der Waals surface area contributed by atoms with Crippen molar-refractivity contribution in [1.82, 2.24) is 0 Å². The third kappa shape index (κ3) is 3.14. The number of benzene rings is 2. The number of halogens is 1. The number of amides is 2. The number of hydrogen-bond donors (Lipinski definition) is 1. The van der Waals surface area contributed by atoms with E-state index in [4.69, 9.17) is 16.3 Å². The molecule has 1 N–H and O–H groups in total. The summed E-state index contributed by atoms with van der Waals surface area (Å²) in [6.07, 6.45) is 0.109. The van der Waals surface area contributed by atoms with E-state index in [0.29, 0.717) is 10.7 Å². The molecule has 0 unspecified atom stereocenters. The van der Waals surface area contributed by atoms with Crippen LogP contribution >= 0.6 is 11.6 Å². The van der Waals surface area contributed by atoms with Gasteiger partial charge >= 0.3 is 0 Å². The van der Waals surface area contributed by atoms with E-state index in [1.807, 2.05) is 0 Å². The van der Waals surface area contributed by atoms with Gasteiger partial charge in [-0.2, -0.15) is 0 Å². The van der Waals surface area contributed by atoms with Crippen LogP contribution in [0.2, 0.25) is 5.02 Å². The van der Waals surface area contributed by atoms with E-state index in [2.05, 4.69) is 5.32 Å². The minimum Gasteiger partial charge on any atom is -0.497 e. The molecule has 1 atom stereocenters. The van der Waals surface area contributed by atoms with Gasteiger partial charge in [0, 0.05) is 10.7 Å². The second-order valence-electron chi connectivity index (χ2n) is 5.18. The van der Waals surface area contributed by atoms with E-state index in [-0.39, 0.29) is 18.2 Å². The molecule has 0 saturated carbocycles. The first-order chi connectivity index (χ1) is 11.1.